The van der Waals surface area contributed by atoms with Crippen molar-refractivity contribution in [3.8, 4) is 0 Å². The third-order valence-corrected chi connectivity index (χ3v) is 9.51. The van der Waals surface area contributed by atoms with E-state index in [9.17, 15) is 9.90 Å². The number of methoxy groups -OCH3 is 1. The monoisotopic (exact) mass is 348 g/mol. The number of aliphatic hydroxyl groups is 1. The fourth-order valence-corrected chi connectivity index (χ4v) is 7.99. The Morgan fingerprint density at radius 3 is 2.56 bits per heavy atom. The van der Waals surface area contributed by atoms with Crippen molar-refractivity contribution in [1.82, 2.24) is 0 Å². The molecule has 1 N–H and O–H groups in total. The van der Waals surface area contributed by atoms with Crippen LogP contribution < -0.4 is 0 Å². The lowest BCUT2D eigenvalue weighted by Gasteiger charge is -2.61. The van der Waals surface area contributed by atoms with Crippen molar-refractivity contribution in [2.75, 3.05) is 13.7 Å². The van der Waals surface area contributed by atoms with Crippen molar-refractivity contribution >= 4 is 5.78 Å². The first-order chi connectivity index (χ1) is 11.7. The fourth-order valence-electron chi connectivity index (χ4n) is 7.99. The molecule has 8 atom stereocenters. The third-order valence-electron chi connectivity index (χ3n) is 9.51. The van der Waals surface area contributed by atoms with E-state index in [1.54, 1.807) is 7.11 Å². The summed E-state index contributed by atoms with van der Waals surface area (Å²) in [5, 5.41) is 11.3. The largest absolute Gasteiger partial charge is 0.387 e. The van der Waals surface area contributed by atoms with Gasteiger partial charge >= 0.3 is 0 Å². The molecule has 4 aliphatic rings. The lowest BCUT2D eigenvalue weighted by Crippen LogP contribution is -2.58. The highest BCUT2D eigenvalue weighted by Gasteiger charge is 2.64. The van der Waals surface area contributed by atoms with E-state index in [4.69, 9.17) is 4.74 Å². The summed E-state index contributed by atoms with van der Waals surface area (Å²) in [4.78, 5) is 12.3. The van der Waals surface area contributed by atoms with Crippen LogP contribution in [0.1, 0.15) is 72.1 Å². The average Bonchev–Trinajstić information content (AvgIpc) is 2.81. The molecule has 142 valence electrons. The van der Waals surface area contributed by atoms with Crippen LogP contribution in [0.4, 0.5) is 0 Å². The van der Waals surface area contributed by atoms with Crippen molar-refractivity contribution in [2.24, 2.45) is 40.4 Å². The number of ketones is 1. The number of Topliss-reactive ketones (excluding diaryl/α,β-unsaturated/α-hetero) is 1. The van der Waals surface area contributed by atoms with Crippen LogP contribution in [0.3, 0.4) is 0 Å². The molecule has 4 rings (SSSR count). The van der Waals surface area contributed by atoms with Gasteiger partial charge in [0.1, 0.15) is 5.78 Å². The van der Waals surface area contributed by atoms with E-state index >= 15 is 0 Å². The zero-order valence-electron chi connectivity index (χ0n) is 16.5. The minimum Gasteiger partial charge on any atom is -0.387 e. The van der Waals surface area contributed by atoms with Gasteiger partial charge in [-0.1, -0.05) is 20.8 Å². The molecule has 0 spiro atoms. The molecule has 0 bridgehead atoms. The van der Waals surface area contributed by atoms with Gasteiger partial charge in [-0.3, -0.25) is 4.79 Å². The minimum atomic E-state index is -0.648. The second kappa shape index (κ2) is 5.79. The molecule has 4 saturated carbocycles. The predicted molar refractivity (Wildman–Crippen MR) is 98.1 cm³/mol. The topological polar surface area (TPSA) is 46.5 Å². The highest BCUT2D eigenvalue weighted by molar-refractivity contribution is 5.82. The average molecular weight is 349 g/mol. The Hall–Kier alpha value is -0.410. The first-order valence-corrected chi connectivity index (χ1v) is 10.5. The fraction of sp³-hybridized carbons (Fsp3) is 0.955. The number of fused-ring (bicyclic) bond motifs is 5. The Morgan fingerprint density at radius 2 is 1.84 bits per heavy atom. The first-order valence-electron chi connectivity index (χ1n) is 10.5. The van der Waals surface area contributed by atoms with E-state index in [-0.39, 0.29) is 11.3 Å². The molecule has 4 aliphatic carbocycles. The minimum absolute atomic E-state index is 0.00345. The molecule has 0 aromatic heterocycles. The van der Waals surface area contributed by atoms with Crippen LogP contribution in [-0.4, -0.2) is 30.2 Å². The number of carbonyl (C=O) groups is 1. The Kier molecular flexibility index (Phi) is 4.16. The zero-order chi connectivity index (χ0) is 18.0. The highest BCUT2D eigenvalue weighted by atomic mass is 16.5. The van der Waals surface area contributed by atoms with Crippen LogP contribution in [0.5, 0.6) is 0 Å². The number of hydrogen-bond acceptors (Lipinski definition) is 3. The van der Waals surface area contributed by atoms with Gasteiger partial charge in [-0.05, 0) is 74.0 Å². The molecule has 0 amide bonds. The molecule has 25 heavy (non-hydrogen) atoms. The highest BCUT2D eigenvalue weighted by Crippen LogP contribution is 2.68. The predicted octanol–water partition coefficient (Wildman–Crippen LogP) is 4.22. The van der Waals surface area contributed by atoms with Crippen LogP contribution in [0.25, 0.3) is 0 Å². The van der Waals surface area contributed by atoms with Crippen molar-refractivity contribution in [3.05, 3.63) is 0 Å². The van der Waals surface area contributed by atoms with Gasteiger partial charge in [-0.25, -0.2) is 0 Å². The van der Waals surface area contributed by atoms with E-state index in [2.05, 4.69) is 20.8 Å². The summed E-state index contributed by atoms with van der Waals surface area (Å²) >= 11 is 0. The van der Waals surface area contributed by atoms with Gasteiger partial charge in [0, 0.05) is 24.9 Å². The Morgan fingerprint density at radius 1 is 1.12 bits per heavy atom. The zero-order valence-corrected chi connectivity index (χ0v) is 16.5. The van der Waals surface area contributed by atoms with Crippen molar-refractivity contribution in [1.29, 1.82) is 0 Å². The number of hydrogen-bond donors (Lipinski definition) is 1. The molecule has 0 aliphatic heterocycles. The smallest absolute Gasteiger partial charge is 0.136 e. The normalized spacial score (nSPS) is 55.4. The maximum atomic E-state index is 12.3. The maximum absolute atomic E-state index is 12.3. The van der Waals surface area contributed by atoms with E-state index in [0.717, 1.165) is 43.9 Å². The van der Waals surface area contributed by atoms with E-state index < -0.39 is 5.60 Å². The molecule has 3 nitrogen and oxygen atoms in total. The van der Waals surface area contributed by atoms with Crippen LogP contribution in [0, 0.1) is 40.4 Å². The number of carbonyl (C=O) groups excluding carboxylic acids is 1. The van der Waals surface area contributed by atoms with Gasteiger partial charge < -0.3 is 9.84 Å². The molecule has 0 aromatic carbocycles. The standard InChI is InChI=1S/C22H36O3/c1-14-12-20(2)15(11-19(14)23)5-6-16-17(20)7-9-21(3)18(16)8-10-22(21,24)13-25-4/h14-18,24H,5-13H2,1-4H3/t14-,15-,16-,17-,18+,20+,21+,22-/m1/s1. The maximum Gasteiger partial charge on any atom is 0.136 e. The van der Waals surface area contributed by atoms with Crippen LogP contribution in [0.15, 0.2) is 0 Å². The number of ether oxygens (including phenoxy) is 1. The van der Waals surface area contributed by atoms with Gasteiger partial charge in [-0.2, -0.15) is 0 Å². The van der Waals surface area contributed by atoms with Gasteiger partial charge in [0.05, 0.1) is 12.2 Å². The van der Waals surface area contributed by atoms with E-state index in [1.165, 1.54) is 19.3 Å². The summed E-state index contributed by atoms with van der Waals surface area (Å²) in [5.74, 6) is 3.42. The Labute approximate surface area is 152 Å². The molecular weight excluding hydrogens is 312 g/mol. The summed E-state index contributed by atoms with van der Waals surface area (Å²) < 4.78 is 5.42. The van der Waals surface area contributed by atoms with Crippen molar-refractivity contribution in [3.63, 3.8) is 0 Å². The van der Waals surface area contributed by atoms with E-state index in [0.29, 0.717) is 29.6 Å². The summed E-state index contributed by atoms with van der Waals surface area (Å²) in [6.07, 6.45) is 8.75. The summed E-state index contributed by atoms with van der Waals surface area (Å²) in [7, 11) is 1.72. The summed E-state index contributed by atoms with van der Waals surface area (Å²) in [5.41, 5.74) is -0.312. The van der Waals surface area contributed by atoms with E-state index in [1.807, 2.05) is 0 Å². The Bertz CT molecular complexity index is 559. The second-order valence-electron chi connectivity index (χ2n) is 10.4. The van der Waals surface area contributed by atoms with Crippen LogP contribution >= 0.6 is 0 Å². The first kappa shape index (κ1) is 18.0. The van der Waals surface area contributed by atoms with Gasteiger partial charge in [-0.15, -0.1) is 0 Å². The third kappa shape index (κ3) is 2.34. The molecule has 4 fully saturated rings. The van der Waals surface area contributed by atoms with Crippen molar-refractivity contribution < 1.29 is 14.6 Å². The van der Waals surface area contributed by atoms with Crippen LogP contribution in [0.2, 0.25) is 0 Å². The molecule has 3 heteroatoms. The van der Waals surface area contributed by atoms with Gasteiger partial charge in [0.25, 0.3) is 0 Å². The Balaban J connectivity index is 1.63. The van der Waals surface area contributed by atoms with Gasteiger partial charge in [0.2, 0.25) is 0 Å². The van der Waals surface area contributed by atoms with Crippen LogP contribution in [-0.2, 0) is 9.53 Å². The quantitative estimate of drug-likeness (QED) is 0.812. The lowest BCUT2D eigenvalue weighted by atomic mass is 9.44. The molecule has 0 radical (unpaired) electrons. The number of rotatable bonds is 2. The second-order valence-corrected chi connectivity index (χ2v) is 10.4. The molecule has 0 aromatic rings. The van der Waals surface area contributed by atoms with Gasteiger partial charge in [0.15, 0.2) is 0 Å². The molecular formula is C22H36O3. The summed E-state index contributed by atoms with van der Waals surface area (Å²) in [6, 6.07) is 0. The lowest BCUT2D eigenvalue weighted by molar-refractivity contribution is -0.172. The van der Waals surface area contributed by atoms with Crippen molar-refractivity contribution in [2.45, 2.75) is 77.7 Å². The molecule has 0 unspecified atom stereocenters. The summed E-state index contributed by atoms with van der Waals surface area (Å²) in [6.45, 7) is 7.45. The SMILES string of the molecule is COC[C@]1(O)CC[C@H]2[C@@H]3CC[C@@H]4CC(=O)[C@H](C)C[C@]4(C)[C@@H]3CC[C@@]21C. The molecule has 0 heterocycles. The molecule has 0 saturated heterocycles.